The molecule has 5 heterocycles. The molecule has 0 atom stereocenters. The van der Waals surface area contributed by atoms with Crippen LogP contribution in [0.3, 0.4) is 0 Å². The number of nitrogens with one attached hydrogen (secondary N) is 2. The molecule has 32 heavy (non-hydrogen) atoms. The Morgan fingerprint density at radius 3 is 2.91 bits per heavy atom. The average Bonchev–Trinajstić information content (AvgIpc) is 3.38. The van der Waals surface area contributed by atoms with Gasteiger partial charge in [-0.2, -0.15) is 5.10 Å². The standard InChI is InChI=1S/C25H28N6O/c32-24(29-20-6-9-30(10-7-20)16-17-3-4-17)13-19-14-28-31-11-5-18(12-23(19)31)22-15-27-25-21(22)2-1-8-26-25/h1-2,5,8,11-12,14-15,17,20H,3-4,6-7,9-10,13,16H2,(H,26,27)(H,29,32). The lowest BCUT2D eigenvalue weighted by Crippen LogP contribution is -2.45. The van der Waals surface area contributed by atoms with E-state index in [0.29, 0.717) is 6.42 Å². The Bertz CT molecular complexity index is 1260. The molecule has 164 valence electrons. The molecule has 1 amide bonds. The minimum absolute atomic E-state index is 0.0854. The van der Waals surface area contributed by atoms with Crippen molar-refractivity contribution in [2.24, 2.45) is 5.92 Å². The van der Waals surface area contributed by atoms with Crippen LogP contribution in [0, 0.1) is 5.92 Å². The highest BCUT2D eigenvalue weighted by Crippen LogP contribution is 2.31. The van der Waals surface area contributed by atoms with Crippen LogP contribution in [0.25, 0.3) is 27.7 Å². The summed E-state index contributed by atoms with van der Waals surface area (Å²) in [7, 11) is 0. The molecule has 4 aromatic heterocycles. The fourth-order valence-electron chi connectivity index (χ4n) is 4.91. The van der Waals surface area contributed by atoms with Crippen molar-refractivity contribution in [3.63, 3.8) is 0 Å². The Balaban J connectivity index is 1.15. The Morgan fingerprint density at radius 2 is 2.06 bits per heavy atom. The lowest BCUT2D eigenvalue weighted by Gasteiger charge is -2.32. The van der Waals surface area contributed by atoms with Crippen molar-refractivity contribution in [1.29, 1.82) is 0 Å². The van der Waals surface area contributed by atoms with Crippen molar-refractivity contribution in [3.05, 3.63) is 54.6 Å². The van der Waals surface area contributed by atoms with Crippen molar-refractivity contribution >= 4 is 22.5 Å². The maximum Gasteiger partial charge on any atom is 0.224 e. The summed E-state index contributed by atoms with van der Waals surface area (Å²) in [6, 6.07) is 8.47. The first-order valence-corrected chi connectivity index (χ1v) is 11.6. The molecule has 4 aromatic rings. The minimum Gasteiger partial charge on any atom is -0.353 e. The molecule has 0 spiro atoms. The predicted molar refractivity (Wildman–Crippen MR) is 124 cm³/mol. The molecule has 1 saturated heterocycles. The number of nitrogens with zero attached hydrogens (tertiary/aromatic N) is 4. The second kappa shape index (κ2) is 8.06. The molecule has 1 aliphatic heterocycles. The fourth-order valence-corrected chi connectivity index (χ4v) is 4.91. The van der Waals surface area contributed by atoms with E-state index in [4.69, 9.17) is 0 Å². The average molecular weight is 429 g/mol. The monoisotopic (exact) mass is 428 g/mol. The van der Waals surface area contributed by atoms with E-state index in [1.54, 1.807) is 6.20 Å². The summed E-state index contributed by atoms with van der Waals surface area (Å²) >= 11 is 0. The zero-order valence-electron chi connectivity index (χ0n) is 18.1. The van der Waals surface area contributed by atoms with Gasteiger partial charge in [0.1, 0.15) is 5.65 Å². The summed E-state index contributed by atoms with van der Waals surface area (Å²) < 4.78 is 1.84. The van der Waals surface area contributed by atoms with E-state index in [-0.39, 0.29) is 11.9 Å². The molecule has 7 nitrogen and oxygen atoms in total. The van der Waals surface area contributed by atoms with Crippen molar-refractivity contribution in [1.82, 2.24) is 29.8 Å². The number of hydrogen-bond donors (Lipinski definition) is 2. The van der Waals surface area contributed by atoms with Crippen LogP contribution in [0.1, 0.15) is 31.2 Å². The molecule has 2 N–H and O–H groups in total. The molecule has 2 fully saturated rings. The molecule has 0 bridgehead atoms. The van der Waals surface area contributed by atoms with Gasteiger partial charge < -0.3 is 15.2 Å². The van der Waals surface area contributed by atoms with Crippen LogP contribution >= 0.6 is 0 Å². The van der Waals surface area contributed by atoms with Gasteiger partial charge >= 0.3 is 0 Å². The Morgan fingerprint density at radius 1 is 1.19 bits per heavy atom. The van der Waals surface area contributed by atoms with Crippen LogP contribution < -0.4 is 5.32 Å². The molecule has 1 saturated carbocycles. The molecular weight excluding hydrogens is 400 g/mol. The molecule has 1 aliphatic carbocycles. The maximum atomic E-state index is 12.8. The van der Waals surface area contributed by atoms with Gasteiger partial charge in [-0.15, -0.1) is 0 Å². The summed E-state index contributed by atoms with van der Waals surface area (Å²) in [6.07, 6.45) is 12.8. The quantitative estimate of drug-likeness (QED) is 0.493. The van der Waals surface area contributed by atoms with E-state index in [1.807, 2.05) is 29.2 Å². The van der Waals surface area contributed by atoms with Crippen molar-refractivity contribution < 1.29 is 4.79 Å². The van der Waals surface area contributed by atoms with Gasteiger partial charge in [-0.05, 0) is 61.4 Å². The number of amides is 1. The number of rotatable bonds is 6. The van der Waals surface area contributed by atoms with Crippen LogP contribution in [-0.4, -0.2) is 56.1 Å². The molecule has 0 unspecified atom stereocenters. The third kappa shape index (κ3) is 3.88. The number of fused-ring (bicyclic) bond motifs is 2. The van der Waals surface area contributed by atoms with Crippen LogP contribution in [0.2, 0.25) is 0 Å². The lowest BCUT2D eigenvalue weighted by molar-refractivity contribution is -0.121. The smallest absolute Gasteiger partial charge is 0.224 e. The third-order valence-electron chi connectivity index (χ3n) is 6.88. The Hall–Kier alpha value is -3.19. The normalized spacial score (nSPS) is 17.9. The van der Waals surface area contributed by atoms with Crippen molar-refractivity contribution in [2.75, 3.05) is 19.6 Å². The Labute approximate surface area is 186 Å². The van der Waals surface area contributed by atoms with Gasteiger partial charge in [0, 0.05) is 60.8 Å². The molecule has 0 radical (unpaired) electrons. The molecule has 7 heteroatoms. The molecular formula is C25H28N6O. The maximum absolute atomic E-state index is 12.8. The minimum atomic E-state index is 0.0854. The number of H-pyrrole nitrogens is 1. The summed E-state index contributed by atoms with van der Waals surface area (Å²) in [4.78, 5) is 23.0. The highest BCUT2D eigenvalue weighted by molar-refractivity contribution is 5.94. The zero-order chi connectivity index (χ0) is 21.5. The largest absolute Gasteiger partial charge is 0.353 e. The van der Waals surface area contributed by atoms with Gasteiger partial charge in [-0.1, -0.05) is 0 Å². The third-order valence-corrected chi connectivity index (χ3v) is 6.88. The first-order chi connectivity index (χ1) is 15.7. The van der Waals surface area contributed by atoms with Crippen LogP contribution in [-0.2, 0) is 11.2 Å². The second-order valence-corrected chi connectivity index (χ2v) is 9.28. The number of carbonyl (C=O) groups is 1. The van der Waals surface area contributed by atoms with E-state index < -0.39 is 0 Å². The zero-order valence-corrected chi connectivity index (χ0v) is 18.1. The predicted octanol–water partition coefficient (Wildman–Crippen LogP) is 3.41. The number of pyridine rings is 2. The van der Waals surface area contributed by atoms with Crippen molar-refractivity contribution in [3.8, 4) is 11.1 Å². The lowest BCUT2D eigenvalue weighted by atomic mass is 10.0. The number of aromatic nitrogens is 4. The molecule has 0 aromatic carbocycles. The van der Waals surface area contributed by atoms with E-state index in [9.17, 15) is 4.79 Å². The first kappa shape index (κ1) is 19.5. The van der Waals surface area contributed by atoms with E-state index in [2.05, 4.69) is 43.5 Å². The summed E-state index contributed by atoms with van der Waals surface area (Å²) in [5.41, 5.74) is 4.98. The topological polar surface area (TPSA) is 78.3 Å². The highest BCUT2D eigenvalue weighted by Gasteiger charge is 2.27. The molecule has 6 rings (SSSR count). The van der Waals surface area contributed by atoms with Crippen LogP contribution in [0.5, 0.6) is 0 Å². The number of carbonyl (C=O) groups excluding carboxylic acids is 1. The number of hydrogen-bond acceptors (Lipinski definition) is 4. The van der Waals surface area contributed by atoms with Gasteiger partial charge in [-0.3, -0.25) is 4.79 Å². The van der Waals surface area contributed by atoms with Gasteiger partial charge in [0.2, 0.25) is 5.91 Å². The van der Waals surface area contributed by atoms with E-state index in [0.717, 1.165) is 65.1 Å². The van der Waals surface area contributed by atoms with Gasteiger partial charge in [0.15, 0.2) is 0 Å². The van der Waals surface area contributed by atoms with Crippen molar-refractivity contribution in [2.45, 2.75) is 38.1 Å². The summed E-state index contributed by atoms with van der Waals surface area (Å²) in [6.45, 7) is 3.44. The summed E-state index contributed by atoms with van der Waals surface area (Å²) in [5.74, 6) is 1.02. The fraction of sp³-hybridized carbons (Fsp3) is 0.400. The number of likely N-dealkylation sites (tertiary alicyclic amines) is 1. The van der Waals surface area contributed by atoms with Gasteiger partial charge in [0.25, 0.3) is 0 Å². The SMILES string of the molecule is O=C(Cc1cnn2ccc(-c3c[nH]c4ncccc34)cc12)NC1CCN(CC2CC2)CC1. The Kier molecular flexibility index (Phi) is 4.91. The number of aromatic amines is 1. The molecule has 2 aliphatic rings. The van der Waals surface area contributed by atoms with E-state index >= 15 is 0 Å². The van der Waals surface area contributed by atoms with Gasteiger partial charge in [-0.25, -0.2) is 9.50 Å². The summed E-state index contributed by atoms with van der Waals surface area (Å²) in [5, 5.41) is 8.81. The van der Waals surface area contributed by atoms with E-state index in [1.165, 1.54) is 19.4 Å². The van der Waals surface area contributed by atoms with Crippen LogP contribution in [0.15, 0.2) is 49.1 Å². The number of piperidine rings is 1. The second-order valence-electron chi connectivity index (χ2n) is 9.28. The van der Waals surface area contributed by atoms with Gasteiger partial charge in [0.05, 0.1) is 18.1 Å². The van der Waals surface area contributed by atoms with Crippen LogP contribution in [0.4, 0.5) is 0 Å². The first-order valence-electron chi connectivity index (χ1n) is 11.6. The highest BCUT2D eigenvalue weighted by atomic mass is 16.1.